The molecule has 100 valence electrons. The van der Waals surface area contributed by atoms with Gasteiger partial charge in [-0.25, -0.2) is 0 Å². The quantitative estimate of drug-likeness (QED) is 0.628. The second kappa shape index (κ2) is 7.16. The average Bonchev–Trinajstić information content (AvgIpc) is 2.37. The number of carbonyl (C=O) groups is 2. The van der Waals surface area contributed by atoms with E-state index in [4.69, 9.17) is 5.11 Å². The normalized spacial score (nSPS) is 10.4. The lowest BCUT2D eigenvalue weighted by molar-refractivity contribution is -0.142. The molecule has 0 atom stereocenters. The molecule has 0 aliphatic heterocycles. The molecule has 0 spiro atoms. The molecule has 0 unspecified atom stereocenters. The first-order valence-electron chi connectivity index (χ1n) is 5.89. The van der Waals surface area contributed by atoms with E-state index < -0.39 is 5.97 Å². The van der Waals surface area contributed by atoms with Crippen LogP contribution in [0.5, 0.6) is 0 Å². The Morgan fingerprint density at radius 2 is 1.95 bits per heavy atom. The highest BCUT2D eigenvalue weighted by molar-refractivity contribution is 5.93. The number of hydrogen-bond acceptors (Lipinski definition) is 2. The van der Waals surface area contributed by atoms with Gasteiger partial charge >= 0.3 is 5.97 Å². The third-order valence-corrected chi connectivity index (χ3v) is 2.48. The number of nitrogens with zero attached hydrogens (tertiary/aromatic N) is 1. The van der Waals surface area contributed by atoms with Crippen molar-refractivity contribution in [2.24, 2.45) is 0 Å². The van der Waals surface area contributed by atoms with Crippen molar-refractivity contribution in [3.8, 4) is 0 Å². The number of rotatable bonds is 6. The van der Waals surface area contributed by atoms with Gasteiger partial charge in [-0.3, -0.25) is 9.59 Å². The first-order valence-corrected chi connectivity index (χ1v) is 5.89. The Balaban J connectivity index is 2.72. The number of aliphatic carboxylic acids is 1. The molecule has 19 heavy (non-hydrogen) atoms. The van der Waals surface area contributed by atoms with Crippen LogP contribution in [0.1, 0.15) is 11.1 Å². The first-order chi connectivity index (χ1) is 9.02. The van der Waals surface area contributed by atoms with E-state index >= 15 is 0 Å². The van der Waals surface area contributed by atoms with Crippen molar-refractivity contribution in [2.75, 3.05) is 13.1 Å². The summed E-state index contributed by atoms with van der Waals surface area (Å²) in [5.41, 5.74) is 2.04. The van der Waals surface area contributed by atoms with Gasteiger partial charge < -0.3 is 10.0 Å². The third kappa shape index (κ3) is 5.21. The Morgan fingerprint density at radius 3 is 2.47 bits per heavy atom. The molecule has 1 aromatic carbocycles. The Morgan fingerprint density at radius 1 is 1.32 bits per heavy atom. The number of carboxylic acid groups (broad SMARTS) is 1. The van der Waals surface area contributed by atoms with Gasteiger partial charge in [0.15, 0.2) is 0 Å². The summed E-state index contributed by atoms with van der Waals surface area (Å²) in [7, 11) is 0. The molecule has 1 amide bonds. The van der Waals surface area contributed by atoms with E-state index in [-0.39, 0.29) is 19.0 Å². The maximum Gasteiger partial charge on any atom is 0.323 e. The fourth-order valence-corrected chi connectivity index (χ4v) is 1.50. The van der Waals surface area contributed by atoms with Crippen LogP contribution < -0.4 is 0 Å². The minimum atomic E-state index is -1.04. The first kappa shape index (κ1) is 14.7. The van der Waals surface area contributed by atoms with E-state index in [1.54, 1.807) is 6.08 Å². The summed E-state index contributed by atoms with van der Waals surface area (Å²) in [5.74, 6) is -1.39. The molecule has 0 saturated heterocycles. The highest BCUT2D eigenvalue weighted by atomic mass is 16.4. The molecule has 0 aliphatic carbocycles. The number of amides is 1. The predicted molar refractivity (Wildman–Crippen MR) is 74.6 cm³/mol. The van der Waals surface area contributed by atoms with Gasteiger partial charge in [0, 0.05) is 12.6 Å². The standard InChI is InChI=1S/C15H17NO3/c1-3-10-16(11-15(18)19)14(17)9-8-13-6-4-12(2)5-7-13/h3-9H,1,10-11H2,2H3,(H,18,19). The summed E-state index contributed by atoms with van der Waals surface area (Å²) in [5, 5.41) is 8.72. The molecular weight excluding hydrogens is 242 g/mol. The second-order valence-corrected chi connectivity index (χ2v) is 4.15. The lowest BCUT2D eigenvalue weighted by atomic mass is 10.1. The molecule has 0 fully saturated rings. The Kier molecular flexibility index (Phi) is 5.54. The van der Waals surface area contributed by atoms with Crippen LogP contribution in [-0.4, -0.2) is 35.0 Å². The fourth-order valence-electron chi connectivity index (χ4n) is 1.50. The molecular formula is C15H17NO3. The Labute approximate surface area is 112 Å². The number of carboxylic acids is 1. The van der Waals surface area contributed by atoms with Gasteiger partial charge in [-0.1, -0.05) is 35.9 Å². The maximum absolute atomic E-state index is 11.8. The summed E-state index contributed by atoms with van der Waals surface area (Å²) >= 11 is 0. The smallest absolute Gasteiger partial charge is 0.323 e. The van der Waals surface area contributed by atoms with Gasteiger partial charge in [0.2, 0.25) is 5.91 Å². The number of aryl methyl sites for hydroxylation is 1. The fraction of sp³-hybridized carbons (Fsp3) is 0.200. The van der Waals surface area contributed by atoms with Crippen LogP contribution >= 0.6 is 0 Å². The largest absolute Gasteiger partial charge is 0.480 e. The summed E-state index contributed by atoms with van der Waals surface area (Å²) in [6, 6.07) is 7.69. The van der Waals surface area contributed by atoms with Gasteiger partial charge in [0.25, 0.3) is 0 Å². The molecule has 1 N–H and O–H groups in total. The molecule has 0 aliphatic rings. The van der Waals surface area contributed by atoms with Crippen molar-refractivity contribution < 1.29 is 14.7 Å². The highest BCUT2D eigenvalue weighted by Gasteiger charge is 2.12. The van der Waals surface area contributed by atoms with Crippen LogP contribution in [-0.2, 0) is 9.59 Å². The third-order valence-electron chi connectivity index (χ3n) is 2.48. The van der Waals surface area contributed by atoms with E-state index in [1.165, 1.54) is 17.1 Å². The number of hydrogen-bond donors (Lipinski definition) is 1. The zero-order chi connectivity index (χ0) is 14.3. The number of benzene rings is 1. The molecule has 4 heteroatoms. The second-order valence-electron chi connectivity index (χ2n) is 4.15. The van der Waals surface area contributed by atoms with E-state index in [0.717, 1.165) is 11.1 Å². The van der Waals surface area contributed by atoms with Crippen molar-refractivity contribution in [1.82, 2.24) is 4.90 Å². The SMILES string of the molecule is C=CCN(CC(=O)O)C(=O)C=Cc1ccc(C)cc1. The predicted octanol–water partition coefficient (Wildman–Crippen LogP) is 2.11. The maximum atomic E-state index is 11.8. The minimum absolute atomic E-state index is 0.212. The van der Waals surface area contributed by atoms with Gasteiger partial charge in [0.1, 0.15) is 6.54 Å². The summed E-state index contributed by atoms with van der Waals surface area (Å²) in [6.45, 7) is 5.37. The molecule has 0 aromatic heterocycles. The van der Waals surface area contributed by atoms with Crippen molar-refractivity contribution in [2.45, 2.75) is 6.92 Å². The van der Waals surface area contributed by atoms with Crippen molar-refractivity contribution in [3.63, 3.8) is 0 Å². The molecule has 1 aromatic rings. The molecule has 0 saturated carbocycles. The van der Waals surface area contributed by atoms with Gasteiger partial charge in [0.05, 0.1) is 0 Å². The molecule has 0 heterocycles. The van der Waals surface area contributed by atoms with E-state index in [9.17, 15) is 9.59 Å². The molecule has 4 nitrogen and oxygen atoms in total. The van der Waals surface area contributed by atoms with E-state index in [0.29, 0.717) is 0 Å². The van der Waals surface area contributed by atoms with Crippen molar-refractivity contribution in [1.29, 1.82) is 0 Å². The van der Waals surface area contributed by atoms with E-state index in [2.05, 4.69) is 6.58 Å². The summed E-state index contributed by atoms with van der Waals surface area (Å²) in [4.78, 5) is 23.7. The minimum Gasteiger partial charge on any atom is -0.480 e. The highest BCUT2D eigenvalue weighted by Crippen LogP contribution is 2.05. The Bertz CT molecular complexity index is 489. The molecule has 1 rings (SSSR count). The topological polar surface area (TPSA) is 57.6 Å². The van der Waals surface area contributed by atoms with Gasteiger partial charge in [-0.2, -0.15) is 0 Å². The van der Waals surface area contributed by atoms with E-state index in [1.807, 2.05) is 31.2 Å². The van der Waals surface area contributed by atoms with Crippen molar-refractivity contribution in [3.05, 3.63) is 54.1 Å². The zero-order valence-corrected chi connectivity index (χ0v) is 10.9. The van der Waals surface area contributed by atoms with Gasteiger partial charge in [-0.15, -0.1) is 6.58 Å². The lowest BCUT2D eigenvalue weighted by Gasteiger charge is -2.16. The van der Waals surface area contributed by atoms with Crippen LogP contribution in [0.4, 0.5) is 0 Å². The van der Waals surface area contributed by atoms with Crippen LogP contribution in [0.25, 0.3) is 6.08 Å². The lowest BCUT2D eigenvalue weighted by Crippen LogP contribution is -2.34. The summed E-state index contributed by atoms with van der Waals surface area (Å²) < 4.78 is 0. The summed E-state index contributed by atoms with van der Waals surface area (Å²) in [6.07, 6.45) is 4.54. The van der Waals surface area contributed by atoms with Crippen LogP contribution in [0, 0.1) is 6.92 Å². The monoisotopic (exact) mass is 259 g/mol. The van der Waals surface area contributed by atoms with Crippen molar-refractivity contribution >= 4 is 18.0 Å². The van der Waals surface area contributed by atoms with Gasteiger partial charge in [-0.05, 0) is 18.6 Å². The molecule has 0 bridgehead atoms. The van der Waals surface area contributed by atoms with Crippen LogP contribution in [0.3, 0.4) is 0 Å². The average molecular weight is 259 g/mol. The number of carbonyl (C=O) groups excluding carboxylic acids is 1. The molecule has 0 radical (unpaired) electrons. The van der Waals surface area contributed by atoms with Crippen LogP contribution in [0.2, 0.25) is 0 Å². The zero-order valence-electron chi connectivity index (χ0n) is 10.9. The van der Waals surface area contributed by atoms with Crippen LogP contribution in [0.15, 0.2) is 43.0 Å². The Hall–Kier alpha value is -2.36.